The molecule has 2 heterocycles. The molecule has 2 heteroatoms. The second-order valence-corrected chi connectivity index (χ2v) is 5.40. The van der Waals surface area contributed by atoms with Gasteiger partial charge >= 0.3 is 0 Å². The molecule has 2 aliphatic rings. The Morgan fingerprint density at radius 1 is 1.36 bits per heavy atom. The van der Waals surface area contributed by atoms with E-state index in [1.165, 1.54) is 44.5 Å². The molecule has 0 aliphatic carbocycles. The molecule has 0 spiro atoms. The minimum atomic E-state index is 0.693. The monoisotopic (exact) mass is 209 g/mol. The van der Waals surface area contributed by atoms with E-state index in [0.29, 0.717) is 5.25 Å². The average Bonchev–Trinajstić information content (AvgIpc) is 2.19. The Balaban J connectivity index is 1.82. The van der Waals surface area contributed by atoms with E-state index >= 15 is 0 Å². The summed E-state index contributed by atoms with van der Waals surface area (Å²) >= 11 is 1.96. The molecule has 0 saturated carbocycles. The van der Waals surface area contributed by atoms with E-state index in [1.807, 2.05) is 11.8 Å². The maximum absolute atomic E-state index is 2.62. The van der Waals surface area contributed by atoms with Crippen LogP contribution in [0.15, 0.2) is 23.1 Å². The summed E-state index contributed by atoms with van der Waals surface area (Å²) in [5.41, 5.74) is 1.42. The highest BCUT2D eigenvalue weighted by atomic mass is 32.2. The molecule has 2 rings (SSSR count). The van der Waals surface area contributed by atoms with E-state index in [4.69, 9.17) is 0 Å². The SMILES string of the molecule is CC1=CC(CN2CCCCC2)SC=C1. The summed E-state index contributed by atoms with van der Waals surface area (Å²) in [4.78, 5) is 2.62. The van der Waals surface area contributed by atoms with Gasteiger partial charge in [-0.05, 0) is 38.3 Å². The minimum absolute atomic E-state index is 0.693. The molecular formula is C12H19NS. The van der Waals surface area contributed by atoms with Crippen LogP contribution in [0.2, 0.25) is 0 Å². The van der Waals surface area contributed by atoms with Gasteiger partial charge < -0.3 is 4.90 Å². The lowest BCUT2D eigenvalue weighted by Gasteiger charge is -2.29. The molecule has 0 bridgehead atoms. The third kappa shape index (κ3) is 2.89. The van der Waals surface area contributed by atoms with Gasteiger partial charge in [0.1, 0.15) is 0 Å². The van der Waals surface area contributed by atoms with Gasteiger partial charge in [0.05, 0.1) is 0 Å². The molecule has 1 unspecified atom stereocenters. The Morgan fingerprint density at radius 3 is 2.86 bits per heavy atom. The van der Waals surface area contributed by atoms with Crippen molar-refractivity contribution in [3.63, 3.8) is 0 Å². The highest BCUT2D eigenvalue weighted by molar-refractivity contribution is 8.02. The number of hydrogen-bond donors (Lipinski definition) is 0. The fraction of sp³-hybridized carbons (Fsp3) is 0.667. The molecule has 1 fully saturated rings. The topological polar surface area (TPSA) is 3.24 Å². The van der Waals surface area contributed by atoms with E-state index in [0.717, 1.165) is 0 Å². The van der Waals surface area contributed by atoms with Crippen molar-refractivity contribution in [2.75, 3.05) is 19.6 Å². The van der Waals surface area contributed by atoms with Crippen LogP contribution in [0.25, 0.3) is 0 Å². The zero-order chi connectivity index (χ0) is 9.80. The summed E-state index contributed by atoms with van der Waals surface area (Å²) in [5.74, 6) is 0. The fourth-order valence-corrected chi connectivity index (χ4v) is 3.21. The van der Waals surface area contributed by atoms with Gasteiger partial charge in [-0.25, -0.2) is 0 Å². The Bertz CT molecular complexity index is 239. The summed E-state index contributed by atoms with van der Waals surface area (Å²) in [7, 11) is 0. The van der Waals surface area contributed by atoms with Crippen LogP contribution in [-0.4, -0.2) is 29.8 Å². The maximum Gasteiger partial charge on any atom is 0.0401 e. The predicted octanol–water partition coefficient (Wildman–Crippen LogP) is 3.05. The molecule has 14 heavy (non-hydrogen) atoms. The van der Waals surface area contributed by atoms with Crippen molar-refractivity contribution in [1.29, 1.82) is 0 Å². The summed E-state index contributed by atoms with van der Waals surface area (Å²) in [6.45, 7) is 6.06. The first-order valence-corrected chi connectivity index (χ1v) is 6.52. The summed E-state index contributed by atoms with van der Waals surface area (Å²) in [5, 5.41) is 2.93. The molecule has 0 aromatic rings. The van der Waals surface area contributed by atoms with Gasteiger partial charge in [0.25, 0.3) is 0 Å². The lowest BCUT2D eigenvalue weighted by atomic mass is 10.1. The number of allylic oxidation sites excluding steroid dienone is 2. The van der Waals surface area contributed by atoms with Crippen molar-refractivity contribution < 1.29 is 0 Å². The Morgan fingerprint density at radius 2 is 2.14 bits per heavy atom. The van der Waals surface area contributed by atoms with Crippen LogP contribution in [-0.2, 0) is 0 Å². The first-order valence-electron chi connectivity index (χ1n) is 5.57. The van der Waals surface area contributed by atoms with Crippen LogP contribution in [0.3, 0.4) is 0 Å². The summed E-state index contributed by atoms with van der Waals surface area (Å²) < 4.78 is 0. The van der Waals surface area contributed by atoms with Crippen molar-refractivity contribution >= 4 is 11.8 Å². The Kier molecular flexibility index (Phi) is 3.71. The molecule has 78 valence electrons. The fourth-order valence-electron chi connectivity index (χ4n) is 2.13. The van der Waals surface area contributed by atoms with Gasteiger partial charge in [0.2, 0.25) is 0 Å². The Hall–Kier alpha value is -0.210. The molecule has 0 aromatic carbocycles. The first kappa shape index (κ1) is 10.3. The molecule has 0 amide bonds. The molecule has 1 atom stereocenters. The zero-order valence-corrected chi connectivity index (χ0v) is 9.72. The second-order valence-electron chi connectivity index (χ2n) is 4.25. The number of likely N-dealkylation sites (tertiary alicyclic amines) is 1. The lowest BCUT2D eigenvalue weighted by Crippen LogP contribution is -2.34. The van der Waals surface area contributed by atoms with Crippen molar-refractivity contribution in [2.45, 2.75) is 31.4 Å². The van der Waals surface area contributed by atoms with E-state index in [9.17, 15) is 0 Å². The number of piperidine rings is 1. The van der Waals surface area contributed by atoms with Gasteiger partial charge in [0, 0.05) is 11.8 Å². The van der Waals surface area contributed by atoms with E-state index in [1.54, 1.807) is 0 Å². The smallest absolute Gasteiger partial charge is 0.0401 e. The Labute approximate surface area is 91.2 Å². The highest BCUT2D eigenvalue weighted by Gasteiger charge is 2.15. The molecule has 0 aromatic heterocycles. The number of rotatable bonds is 2. The largest absolute Gasteiger partial charge is 0.302 e. The van der Waals surface area contributed by atoms with Gasteiger partial charge in [-0.15, -0.1) is 11.8 Å². The number of thioether (sulfide) groups is 1. The molecule has 1 nitrogen and oxygen atoms in total. The van der Waals surface area contributed by atoms with Crippen LogP contribution in [0.1, 0.15) is 26.2 Å². The second kappa shape index (κ2) is 5.04. The maximum atomic E-state index is 2.62. The van der Waals surface area contributed by atoms with Gasteiger partial charge in [-0.3, -0.25) is 0 Å². The van der Waals surface area contributed by atoms with Crippen LogP contribution < -0.4 is 0 Å². The lowest BCUT2D eigenvalue weighted by molar-refractivity contribution is 0.235. The van der Waals surface area contributed by atoms with Gasteiger partial charge in [0.15, 0.2) is 0 Å². The third-order valence-corrected chi connectivity index (χ3v) is 3.85. The first-order chi connectivity index (χ1) is 6.84. The van der Waals surface area contributed by atoms with E-state index in [-0.39, 0.29) is 0 Å². The normalized spacial score (nSPS) is 28.9. The minimum Gasteiger partial charge on any atom is -0.302 e. The van der Waals surface area contributed by atoms with Gasteiger partial charge in [-0.2, -0.15) is 0 Å². The van der Waals surface area contributed by atoms with Crippen LogP contribution in [0.5, 0.6) is 0 Å². The molecule has 2 aliphatic heterocycles. The van der Waals surface area contributed by atoms with Crippen molar-refractivity contribution in [2.24, 2.45) is 0 Å². The quantitative estimate of drug-likeness (QED) is 0.687. The van der Waals surface area contributed by atoms with Crippen LogP contribution in [0.4, 0.5) is 0 Å². The van der Waals surface area contributed by atoms with E-state index < -0.39 is 0 Å². The van der Waals surface area contributed by atoms with Gasteiger partial charge in [-0.1, -0.05) is 24.1 Å². The van der Waals surface area contributed by atoms with Crippen molar-refractivity contribution in [3.8, 4) is 0 Å². The standard InChI is InChI=1S/C12H19NS/c1-11-5-8-14-12(9-11)10-13-6-3-2-4-7-13/h5,8-9,12H,2-4,6-7,10H2,1H3. The molecular weight excluding hydrogens is 190 g/mol. The zero-order valence-electron chi connectivity index (χ0n) is 8.91. The highest BCUT2D eigenvalue weighted by Crippen LogP contribution is 2.23. The average molecular weight is 209 g/mol. The number of nitrogens with zero attached hydrogens (tertiary/aromatic N) is 1. The number of hydrogen-bond acceptors (Lipinski definition) is 2. The predicted molar refractivity (Wildman–Crippen MR) is 64.6 cm³/mol. The molecule has 1 saturated heterocycles. The molecule has 0 radical (unpaired) electrons. The summed E-state index contributed by atoms with van der Waals surface area (Å²) in [6, 6.07) is 0. The van der Waals surface area contributed by atoms with Crippen molar-refractivity contribution in [1.82, 2.24) is 4.90 Å². The van der Waals surface area contributed by atoms with E-state index in [2.05, 4.69) is 29.4 Å². The molecule has 0 N–H and O–H groups in total. The van der Waals surface area contributed by atoms with Crippen LogP contribution in [0, 0.1) is 0 Å². The van der Waals surface area contributed by atoms with Crippen molar-refractivity contribution in [3.05, 3.63) is 23.1 Å². The summed E-state index contributed by atoms with van der Waals surface area (Å²) in [6.07, 6.45) is 8.84. The third-order valence-electron chi connectivity index (χ3n) is 2.92. The van der Waals surface area contributed by atoms with Crippen LogP contribution >= 0.6 is 11.8 Å².